The Bertz CT molecular complexity index is 686. The summed E-state index contributed by atoms with van der Waals surface area (Å²) in [4.78, 5) is 18.2. The second kappa shape index (κ2) is 7.17. The molecule has 1 saturated heterocycles. The van der Waals surface area contributed by atoms with E-state index >= 15 is 0 Å². The number of aromatic nitrogens is 2. The molecule has 6 heteroatoms. The van der Waals surface area contributed by atoms with Gasteiger partial charge in [0.1, 0.15) is 0 Å². The first kappa shape index (κ1) is 16.1. The quantitative estimate of drug-likeness (QED) is 0.841. The molecule has 5 nitrogen and oxygen atoms in total. The Labute approximate surface area is 140 Å². The van der Waals surface area contributed by atoms with Crippen molar-refractivity contribution >= 4 is 17.7 Å². The van der Waals surface area contributed by atoms with Gasteiger partial charge < -0.3 is 9.42 Å². The van der Waals surface area contributed by atoms with E-state index in [0.29, 0.717) is 24.7 Å². The zero-order valence-corrected chi connectivity index (χ0v) is 14.3. The Balaban J connectivity index is 1.74. The van der Waals surface area contributed by atoms with Crippen molar-refractivity contribution in [2.45, 2.75) is 31.4 Å². The van der Waals surface area contributed by atoms with Gasteiger partial charge in [0.2, 0.25) is 17.6 Å². The summed E-state index contributed by atoms with van der Waals surface area (Å²) in [5.74, 6) is 2.58. The lowest BCUT2D eigenvalue weighted by atomic mass is 10.1. The second-order valence-electron chi connectivity index (χ2n) is 5.77. The maximum Gasteiger partial charge on any atom is 0.231 e. The third-order valence-corrected chi connectivity index (χ3v) is 4.75. The molecule has 1 aromatic heterocycles. The predicted octanol–water partition coefficient (Wildman–Crippen LogP) is 3.33. The normalized spacial score (nSPS) is 17.7. The molecule has 1 aliphatic heterocycles. The molecule has 0 radical (unpaired) electrons. The average molecular weight is 331 g/mol. The van der Waals surface area contributed by atoms with Crippen molar-refractivity contribution in [3.8, 4) is 11.4 Å². The van der Waals surface area contributed by atoms with Gasteiger partial charge in [-0.15, -0.1) is 0 Å². The summed E-state index contributed by atoms with van der Waals surface area (Å²) in [5.41, 5.74) is 2.23. The molecule has 1 fully saturated rings. The van der Waals surface area contributed by atoms with Gasteiger partial charge in [0, 0.05) is 30.8 Å². The van der Waals surface area contributed by atoms with Crippen LogP contribution in [0.4, 0.5) is 0 Å². The van der Waals surface area contributed by atoms with E-state index in [0.717, 1.165) is 24.3 Å². The lowest BCUT2D eigenvalue weighted by Gasteiger charge is -2.13. The van der Waals surface area contributed by atoms with E-state index in [9.17, 15) is 4.79 Å². The van der Waals surface area contributed by atoms with Crippen LogP contribution in [0.1, 0.15) is 37.1 Å². The number of hydrogen-bond donors (Lipinski definition) is 0. The highest BCUT2D eigenvalue weighted by Gasteiger charge is 2.30. The van der Waals surface area contributed by atoms with Gasteiger partial charge in [-0.25, -0.2) is 0 Å². The molecule has 23 heavy (non-hydrogen) atoms. The maximum atomic E-state index is 11.8. The molecule has 0 saturated carbocycles. The molecule has 122 valence electrons. The highest BCUT2D eigenvalue weighted by atomic mass is 32.2. The summed E-state index contributed by atoms with van der Waals surface area (Å²) < 4.78 is 5.46. The van der Waals surface area contributed by atoms with E-state index in [4.69, 9.17) is 4.52 Å². The summed E-state index contributed by atoms with van der Waals surface area (Å²) in [5, 5.41) is 4.13. The number of carbonyl (C=O) groups excluding carboxylic acids is 1. The smallest absolute Gasteiger partial charge is 0.231 e. The SMILES string of the molecule is CCC(=O)N1CCC(c2nc(-c3cccc(CSC)c3)no2)C1. The molecular formula is C17H21N3O2S. The van der Waals surface area contributed by atoms with E-state index in [2.05, 4.69) is 28.5 Å². The van der Waals surface area contributed by atoms with Crippen molar-refractivity contribution < 1.29 is 9.32 Å². The van der Waals surface area contributed by atoms with E-state index in [-0.39, 0.29) is 11.8 Å². The Morgan fingerprint density at radius 2 is 2.35 bits per heavy atom. The van der Waals surface area contributed by atoms with Gasteiger partial charge in [-0.05, 0) is 24.3 Å². The fraction of sp³-hybridized carbons (Fsp3) is 0.471. The van der Waals surface area contributed by atoms with Crippen LogP contribution in [0.5, 0.6) is 0 Å². The average Bonchev–Trinajstić information content (AvgIpc) is 3.24. The maximum absolute atomic E-state index is 11.8. The van der Waals surface area contributed by atoms with Crippen LogP contribution < -0.4 is 0 Å². The Morgan fingerprint density at radius 3 is 3.13 bits per heavy atom. The number of thioether (sulfide) groups is 1. The minimum absolute atomic E-state index is 0.154. The molecule has 1 aliphatic rings. The van der Waals surface area contributed by atoms with Crippen LogP contribution in [-0.4, -0.2) is 40.3 Å². The van der Waals surface area contributed by atoms with Crippen molar-refractivity contribution in [3.63, 3.8) is 0 Å². The molecule has 1 unspecified atom stereocenters. The highest BCUT2D eigenvalue weighted by molar-refractivity contribution is 7.97. The Hall–Kier alpha value is -1.82. The number of likely N-dealkylation sites (tertiary alicyclic amines) is 1. The number of rotatable bonds is 5. The van der Waals surface area contributed by atoms with Crippen LogP contribution in [0, 0.1) is 0 Å². The van der Waals surface area contributed by atoms with Crippen molar-refractivity contribution in [1.29, 1.82) is 0 Å². The molecule has 1 atom stereocenters. The van der Waals surface area contributed by atoms with E-state index in [1.54, 1.807) is 11.8 Å². The summed E-state index contributed by atoms with van der Waals surface area (Å²) in [6.45, 7) is 3.35. The number of nitrogens with zero attached hydrogens (tertiary/aromatic N) is 3. The van der Waals surface area contributed by atoms with Gasteiger partial charge in [0.15, 0.2) is 0 Å². The summed E-state index contributed by atoms with van der Waals surface area (Å²) in [6.07, 6.45) is 3.52. The van der Waals surface area contributed by atoms with Crippen molar-refractivity contribution in [1.82, 2.24) is 15.0 Å². The van der Waals surface area contributed by atoms with Crippen LogP contribution in [0.25, 0.3) is 11.4 Å². The third kappa shape index (κ3) is 3.58. The predicted molar refractivity (Wildman–Crippen MR) is 91.2 cm³/mol. The van der Waals surface area contributed by atoms with Gasteiger partial charge >= 0.3 is 0 Å². The minimum atomic E-state index is 0.154. The topological polar surface area (TPSA) is 59.2 Å². The molecule has 0 N–H and O–H groups in total. The highest BCUT2D eigenvalue weighted by Crippen LogP contribution is 2.28. The standard InChI is InChI=1S/C17H21N3O2S/c1-3-15(21)20-8-7-14(10-20)17-18-16(19-22-17)13-6-4-5-12(9-13)11-23-2/h4-6,9,14H,3,7-8,10-11H2,1-2H3. The molecule has 0 bridgehead atoms. The van der Waals surface area contributed by atoms with Crippen LogP contribution in [0.15, 0.2) is 28.8 Å². The Morgan fingerprint density at radius 1 is 1.48 bits per heavy atom. The van der Waals surface area contributed by atoms with Crippen molar-refractivity contribution in [3.05, 3.63) is 35.7 Å². The Kier molecular flexibility index (Phi) is 5.00. The van der Waals surface area contributed by atoms with Crippen LogP contribution in [-0.2, 0) is 10.5 Å². The molecule has 0 spiro atoms. The molecule has 2 heterocycles. The lowest BCUT2D eigenvalue weighted by Crippen LogP contribution is -2.27. The largest absolute Gasteiger partial charge is 0.342 e. The number of benzene rings is 1. The van der Waals surface area contributed by atoms with Gasteiger partial charge in [0.05, 0.1) is 5.92 Å². The monoisotopic (exact) mass is 331 g/mol. The molecular weight excluding hydrogens is 310 g/mol. The minimum Gasteiger partial charge on any atom is -0.342 e. The molecule has 0 aliphatic carbocycles. The zero-order chi connectivity index (χ0) is 16.2. The van der Waals surface area contributed by atoms with E-state index < -0.39 is 0 Å². The van der Waals surface area contributed by atoms with E-state index in [1.807, 2.05) is 24.0 Å². The fourth-order valence-corrected chi connectivity index (χ4v) is 3.41. The molecule has 3 rings (SSSR count). The molecule has 2 aromatic rings. The van der Waals surface area contributed by atoms with Crippen LogP contribution in [0.2, 0.25) is 0 Å². The van der Waals surface area contributed by atoms with Crippen molar-refractivity contribution in [2.75, 3.05) is 19.3 Å². The zero-order valence-electron chi connectivity index (χ0n) is 13.5. The van der Waals surface area contributed by atoms with Gasteiger partial charge in [-0.1, -0.05) is 30.3 Å². The first-order valence-corrected chi connectivity index (χ1v) is 9.30. The van der Waals surface area contributed by atoms with E-state index in [1.165, 1.54) is 5.56 Å². The number of carbonyl (C=O) groups is 1. The van der Waals surface area contributed by atoms with Crippen molar-refractivity contribution in [2.24, 2.45) is 0 Å². The second-order valence-corrected chi connectivity index (χ2v) is 6.63. The van der Waals surface area contributed by atoms with Crippen LogP contribution >= 0.6 is 11.8 Å². The van der Waals surface area contributed by atoms with Gasteiger partial charge in [-0.3, -0.25) is 4.79 Å². The van der Waals surface area contributed by atoms with Gasteiger partial charge in [0.25, 0.3) is 0 Å². The first-order valence-electron chi connectivity index (χ1n) is 7.91. The number of hydrogen-bond acceptors (Lipinski definition) is 5. The summed E-state index contributed by atoms with van der Waals surface area (Å²) in [7, 11) is 0. The summed E-state index contributed by atoms with van der Waals surface area (Å²) >= 11 is 1.79. The third-order valence-electron chi connectivity index (χ3n) is 4.13. The molecule has 1 amide bonds. The fourth-order valence-electron chi connectivity index (χ4n) is 2.90. The summed E-state index contributed by atoms with van der Waals surface area (Å²) in [6, 6.07) is 8.23. The van der Waals surface area contributed by atoms with Gasteiger partial charge in [-0.2, -0.15) is 16.7 Å². The first-order chi connectivity index (χ1) is 11.2. The number of amides is 1. The lowest BCUT2D eigenvalue weighted by molar-refractivity contribution is -0.129. The van der Waals surface area contributed by atoms with Crippen LogP contribution in [0.3, 0.4) is 0 Å². The molecule has 1 aromatic carbocycles.